The first kappa shape index (κ1) is 13.4. The molecule has 0 spiro atoms. The molecule has 0 aromatic carbocycles. The maximum absolute atomic E-state index is 4.27. The summed E-state index contributed by atoms with van der Waals surface area (Å²) in [5.74, 6) is 0. The minimum absolute atomic E-state index is 0.889. The molecule has 0 amide bonds. The monoisotopic (exact) mass is 196 g/mol. The molecule has 14 heavy (non-hydrogen) atoms. The van der Waals surface area contributed by atoms with Gasteiger partial charge in [0.05, 0.1) is 0 Å². The summed E-state index contributed by atoms with van der Waals surface area (Å²) >= 11 is 0. The number of aliphatic imine (C=N–C) groups is 1. The molecule has 2 heteroatoms. The van der Waals surface area contributed by atoms with Crippen molar-refractivity contribution in [1.82, 2.24) is 4.90 Å². The van der Waals surface area contributed by atoms with Gasteiger partial charge in [0.15, 0.2) is 0 Å². The second-order valence-corrected chi connectivity index (χ2v) is 3.42. The number of rotatable bonds is 2. The predicted molar refractivity (Wildman–Crippen MR) is 65.2 cm³/mol. The lowest BCUT2D eigenvalue weighted by Gasteiger charge is -2.24. The summed E-state index contributed by atoms with van der Waals surface area (Å²) in [6.45, 7) is 11.4. The van der Waals surface area contributed by atoms with Gasteiger partial charge in [-0.3, -0.25) is 4.99 Å². The Labute approximate surface area is 88.7 Å². The summed E-state index contributed by atoms with van der Waals surface area (Å²) in [5, 5.41) is 0. The van der Waals surface area contributed by atoms with Gasteiger partial charge in [-0.2, -0.15) is 0 Å². The molecule has 2 nitrogen and oxygen atoms in total. The molecular weight excluding hydrogens is 172 g/mol. The Bertz CT molecular complexity index is 204. The van der Waals surface area contributed by atoms with E-state index in [1.807, 2.05) is 20.1 Å². The van der Waals surface area contributed by atoms with E-state index in [2.05, 4.69) is 30.8 Å². The minimum Gasteiger partial charge on any atom is -0.302 e. The molecule has 0 unspecified atom stereocenters. The number of likely N-dealkylation sites (N-methyl/N-ethyl adjacent to an activating group) is 1. The molecule has 0 saturated carbocycles. The van der Waals surface area contributed by atoms with Crippen molar-refractivity contribution >= 4 is 6.21 Å². The SMILES string of the molecule is CC.CCN=CC1=C(C)CCN(C)C1. The van der Waals surface area contributed by atoms with Crippen molar-refractivity contribution in [2.75, 3.05) is 26.7 Å². The van der Waals surface area contributed by atoms with Crippen molar-refractivity contribution < 1.29 is 0 Å². The predicted octanol–water partition coefficient (Wildman–Crippen LogP) is 2.76. The zero-order valence-electron chi connectivity index (χ0n) is 10.3. The van der Waals surface area contributed by atoms with Crippen LogP contribution >= 0.6 is 0 Å². The summed E-state index contributed by atoms with van der Waals surface area (Å²) in [6, 6.07) is 0. The van der Waals surface area contributed by atoms with Gasteiger partial charge >= 0.3 is 0 Å². The lowest BCUT2D eigenvalue weighted by Crippen LogP contribution is -2.27. The third-order valence-electron chi connectivity index (χ3n) is 2.29. The van der Waals surface area contributed by atoms with Crippen molar-refractivity contribution in [2.24, 2.45) is 4.99 Å². The highest BCUT2D eigenvalue weighted by Crippen LogP contribution is 2.14. The third kappa shape index (κ3) is 4.56. The first-order chi connectivity index (χ1) is 6.74. The van der Waals surface area contributed by atoms with Crippen LogP contribution in [0.5, 0.6) is 0 Å². The van der Waals surface area contributed by atoms with Crippen LogP contribution in [0.2, 0.25) is 0 Å². The molecule has 1 rings (SSSR count). The standard InChI is InChI=1S/C10H18N2.C2H6/c1-4-11-7-10-8-12(3)6-5-9(10)2;1-2/h7H,4-6,8H2,1-3H3;1-2H3. The molecule has 0 aromatic heterocycles. The van der Waals surface area contributed by atoms with Crippen LogP contribution in [0.25, 0.3) is 0 Å². The first-order valence-corrected chi connectivity index (χ1v) is 5.61. The van der Waals surface area contributed by atoms with Crippen molar-refractivity contribution in [3.63, 3.8) is 0 Å². The summed E-state index contributed by atoms with van der Waals surface area (Å²) in [5.41, 5.74) is 2.91. The second kappa shape index (κ2) is 7.74. The Morgan fingerprint density at radius 2 is 2.07 bits per heavy atom. The Hall–Kier alpha value is -0.630. The average Bonchev–Trinajstić information content (AvgIpc) is 2.22. The largest absolute Gasteiger partial charge is 0.302 e. The van der Waals surface area contributed by atoms with Crippen molar-refractivity contribution in [1.29, 1.82) is 0 Å². The second-order valence-electron chi connectivity index (χ2n) is 3.42. The highest BCUT2D eigenvalue weighted by molar-refractivity contribution is 5.80. The zero-order chi connectivity index (χ0) is 11.0. The number of nitrogens with zero attached hydrogens (tertiary/aromatic N) is 2. The Morgan fingerprint density at radius 3 is 2.64 bits per heavy atom. The maximum atomic E-state index is 4.27. The van der Waals surface area contributed by atoms with Crippen LogP contribution in [0.1, 0.15) is 34.1 Å². The van der Waals surface area contributed by atoms with Crippen molar-refractivity contribution in [3.8, 4) is 0 Å². The average molecular weight is 196 g/mol. The normalized spacial score (nSPS) is 18.4. The molecule has 0 atom stereocenters. The van der Waals surface area contributed by atoms with Crippen LogP contribution in [0.15, 0.2) is 16.1 Å². The van der Waals surface area contributed by atoms with Gasteiger partial charge in [-0.1, -0.05) is 19.4 Å². The van der Waals surface area contributed by atoms with Crippen LogP contribution in [0, 0.1) is 0 Å². The topological polar surface area (TPSA) is 15.6 Å². The molecule has 0 bridgehead atoms. The Kier molecular flexibility index (Phi) is 7.40. The highest BCUT2D eigenvalue weighted by atomic mass is 15.1. The molecule has 0 saturated heterocycles. The van der Waals surface area contributed by atoms with Gasteiger partial charge in [-0.05, 0) is 32.9 Å². The molecular formula is C12H24N2. The van der Waals surface area contributed by atoms with Gasteiger partial charge < -0.3 is 4.90 Å². The lowest BCUT2D eigenvalue weighted by molar-refractivity contribution is 0.354. The van der Waals surface area contributed by atoms with E-state index in [1.165, 1.54) is 24.1 Å². The van der Waals surface area contributed by atoms with Crippen LogP contribution < -0.4 is 0 Å². The van der Waals surface area contributed by atoms with E-state index >= 15 is 0 Å². The van der Waals surface area contributed by atoms with E-state index in [4.69, 9.17) is 0 Å². The van der Waals surface area contributed by atoms with E-state index in [1.54, 1.807) is 0 Å². The summed E-state index contributed by atoms with van der Waals surface area (Å²) < 4.78 is 0. The highest BCUT2D eigenvalue weighted by Gasteiger charge is 2.10. The fourth-order valence-corrected chi connectivity index (χ4v) is 1.38. The number of hydrogen-bond acceptors (Lipinski definition) is 2. The molecule has 0 N–H and O–H groups in total. The van der Waals surface area contributed by atoms with Crippen LogP contribution in [0.3, 0.4) is 0 Å². The van der Waals surface area contributed by atoms with Crippen molar-refractivity contribution in [3.05, 3.63) is 11.1 Å². The van der Waals surface area contributed by atoms with E-state index < -0.39 is 0 Å². The van der Waals surface area contributed by atoms with Gasteiger partial charge in [0.25, 0.3) is 0 Å². The minimum atomic E-state index is 0.889. The van der Waals surface area contributed by atoms with E-state index in [0.717, 1.165) is 13.1 Å². The van der Waals surface area contributed by atoms with Crippen LogP contribution in [-0.4, -0.2) is 37.8 Å². The maximum Gasteiger partial charge on any atom is 0.0361 e. The molecule has 82 valence electrons. The summed E-state index contributed by atoms with van der Waals surface area (Å²) in [6.07, 6.45) is 3.23. The fourth-order valence-electron chi connectivity index (χ4n) is 1.38. The van der Waals surface area contributed by atoms with Gasteiger partial charge in [-0.25, -0.2) is 0 Å². The molecule has 0 aliphatic carbocycles. The molecule has 0 fully saturated rings. The molecule has 1 aliphatic heterocycles. The molecule has 1 heterocycles. The van der Waals surface area contributed by atoms with Gasteiger partial charge in [0.2, 0.25) is 0 Å². The molecule has 1 aliphatic rings. The van der Waals surface area contributed by atoms with Gasteiger partial charge in [0, 0.05) is 25.8 Å². The molecule has 0 aromatic rings. The third-order valence-corrected chi connectivity index (χ3v) is 2.29. The van der Waals surface area contributed by atoms with E-state index in [-0.39, 0.29) is 0 Å². The quantitative estimate of drug-likeness (QED) is 0.620. The smallest absolute Gasteiger partial charge is 0.0361 e. The summed E-state index contributed by atoms with van der Waals surface area (Å²) in [7, 11) is 2.16. The first-order valence-electron chi connectivity index (χ1n) is 5.61. The zero-order valence-corrected chi connectivity index (χ0v) is 10.3. The van der Waals surface area contributed by atoms with Gasteiger partial charge in [-0.15, -0.1) is 0 Å². The Balaban J connectivity index is 0.000000791. The van der Waals surface area contributed by atoms with Crippen LogP contribution in [0.4, 0.5) is 0 Å². The van der Waals surface area contributed by atoms with Gasteiger partial charge in [0.1, 0.15) is 0 Å². The lowest BCUT2D eigenvalue weighted by atomic mass is 10.0. The summed E-state index contributed by atoms with van der Waals surface area (Å²) in [4.78, 5) is 6.61. The van der Waals surface area contributed by atoms with Crippen LogP contribution in [-0.2, 0) is 0 Å². The fraction of sp³-hybridized carbons (Fsp3) is 0.750. The Morgan fingerprint density at radius 1 is 1.43 bits per heavy atom. The van der Waals surface area contributed by atoms with E-state index in [0.29, 0.717) is 0 Å². The molecule has 0 radical (unpaired) electrons. The van der Waals surface area contributed by atoms with Crippen molar-refractivity contribution in [2.45, 2.75) is 34.1 Å². The number of hydrogen-bond donors (Lipinski definition) is 0. The van der Waals surface area contributed by atoms with E-state index in [9.17, 15) is 0 Å².